The second kappa shape index (κ2) is 7.76. The lowest BCUT2D eigenvalue weighted by Crippen LogP contribution is -2.35. The van der Waals surface area contributed by atoms with Gasteiger partial charge in [-0.3, -0.25) is 4.79 Å². The Hall–Kier alpha value is -0.610. The molecule has 0 aliphatic carbocycles. The van der Waals surface area contributed by atoms with Gasteiger partial charge in [-0.25, -0.2) is 0 Å². The van der Waals surface area contributed by atoms with E-state index in [1.165, 1.54) is 0 Å². The van der Waals surface area contributed by atoms with Crippen LogP contribution < -0.4 is 10.6 Å². The molecule has 0 spiro atoms. The first-order valence-corrected chi connectivity index (χ1v) is 5.20. The van der Waals surface area contributed by atoms with Gasteiger partial charge in [0, 0.05) is 31.7 Å². The van der Waals surface area contributed by atoms with E-state index in [-0.39, 0.29) is 18.6 Å². The number of nitrogens with one attached hydrogen (secondary N) is 2. The molecular formula is C10H22N2O2. The molecule has 4 heteroatoms. The van der Waals surface area contributed by atoms with Gasteiger partial charge in [-0.05, 0) is 13.3 Å². The van der Waals surface area contributed by atoms with Crippen molar-refractivity contribution in [2.45, 2.75) is 45.7 Å². The monoisotopic (exact) mass is 202 g/mol. The highest BCUT2D eigenvalue weighted by Crippen LogP contribution is 1.90. The summed E-state index contributed by atoms with van der Waals surface area (Å²) in [6.07, 6.45) is 1.11. The molecule has 0 heterocycles. The third-order valence-corrected chi connectivity index (χ3v) is 1.87. The lowest BCUT2D eigenvalue weighted by molar-refractivity contribution is -0.121. The molecule has 1 unspecified atom stereocenters. The molecule has 0 aromatic carbocycles. The van der Waals surface area contributed by atoms with E-state index in [0.717, 1.165) is 0 Å². The van der Waals surface area contributed by atoms with Gasteiger partial charge in [-0.1, -0.05) is 13.8 Å². The minimum absolute atomic E-state index is 0.0408. The largest absolute Gasteiger partial charge is 0.396 e. The van der Waals surface area contributed by atoms with Crippen molar-refractivity contribution in [3.05, 3.63) is 0 Å². The average molecular weight is 202 g/mol. The van der Waals surface area contributed by atoms with E-state index < -0.39 is 0 Å². The molecule has 4 nitrogen and oxygen atoms in total. The van der Waals surface area contributed by atoms with E-state index in [9.17, 15) is 4.79 Å². The van der Waals surface area contributed by atoms with Crippen molar-refractivity contribution in [1.29, 1.82) is 0 Å². The molecule has 0 rings (SSSR count). The third kappa shape index (κ3) is 8.01. The Bertz CT molecular complexity index is 160. The number of hydrogen-bond acceptors (Lipinski definition) is 3. The van der Waals surface area contributed by atoms with Crippen LogP contribution in [0.2, 0.25) is 0 Å². The predicted octanol–water partition coefficient (Wildman–Crippen LogP) is 0.262. The number of aliphatic hydroxyl groups excluding tert-OH is 1. The van der Waals surface area contributed by atoms with Crippen molar-refractivity contribution in [2.24, 2.45) is 0 Å². The smallest absolute Gasteiger partial charge is 0.221 e. The van der Waals surface area contributed by atoms with Crippen LogP contribution >= 0.6 is 0 Å². The summed E-state index contributed by atoms with van der Waals surface area (Å²) in [5.41, 5.74) is 0. The number of aliphatic hydroxyl groups is 1. The molecular weight excluding hydrogens is 180 g/mol. The summed E-state index contributed by atoms with van der Waals surface area (Å²) in [7, 11) is 0. The lowest BCUT2D eigenvalue weighted by atomic mass is 10.2. The second-order valence-corrected chi connectivity index (χ2v) is 3.84. The van der Waals surface area contributed by atoms with Gasteiger partial charge in [0.05, 0.1) is 0 Å². The number of carbonyl (C=O) groups is 1. The van der Waals surface area contributed by atoms with Crippen LogP contribution in [0.25, 0.3) is 0 Å². The van der Waals surface area contributed by atoms with Crippen LogP contribution in [0.4, 0.5) is 0 Å². The Balaban J connectivity index is 3.45. The van der Waals surface area contributed by atoms with E-state index in [2.05, 4.69) is 10.6 Å². The molecule has 0 aliphatic rings. The average Bonchev–Trinajstić information content (AvgIpc) is 2.03. The molecule has 1 amide bonds. The zero-order chi connectivity index (χ0) is 11.0. The summed E-state index contributed by atoms with van der Waals surface area (Å²) in [4.78, 5) is 11.3. The quantitative estimate of drug-likeness (QED) is 0.555. The first-order valence-electron chi connectivity index (χ1n) is 5.20. The molecule has 0 fully saturated rings. The zero-order valence-electron chi connectivity index (χ0n) is 9.34. The Kier molecular flexibility index (Phi) is 7.42. The van der Waals surface area contributed by atoms with Crippen LogP contribution in [0.1, 0.15) is 33.6 Å². The topological polar surface area (TPSA) is 61.4 Å². The molecule has 1 atom stereocenters. The number of amides is 1. The molecule has 0 radical (unpaired) electrons. The van der Waals surface area contributed by atoms with Gasteiger partial charge in [-0.2, -0.15) is 0 Å². The fraction of sp³-hybridized carbons (Fsp3) is 0.900. The summed E-state index contributed by atoms with van der Waals surface area (Å²) < 4.78 is 0. The maximum absolute atomic E-state index is 11.3. The summed E-state index contributed by atoms with van der Waals surface area (Å²) in [5, 5.41) is 14.6. The van der Waals surface area contributed by atoms with Crippen molar-refractivity contribution in [3.8, 4) is 0 Å². The van der Waals surface area contributed by atoms with Crippen molar-refractivity contribution in [1.82, 2.24) is 10.6 Å². The summed E-state index contributed by atoms with van der Waals surface area (Å²) in [5.74, 6) is 0.0408. The van der Waals surface area contributed by atoms with Gasteiger partial charge in [0.25, 0.3) is 0 Å². The van der Waals surface area contributed by atoms with E-state index in [0.29, 0.717) is 25.4 Å². The number of hydrogen-bond donors (Lipinski definition) is 3. The van der Waals surface area contributed by atoms with Gasteiger partial charge in [0.15, 0.2) is 0 Å². The van der Waals surface area contributed by atoms with Crippen LogP contribution in [-0.4, -0.2) is 36.2 Å². The van der Waals surface area contributed by atoms with E-state index >= 15 is 0 Å². The Labute approximate surface area is 86.1 Å². The highest BCUT2D eigenvalue weighted by Gasteiger charge is 2.06. The molecule has 0 bridgehead atoms. The fourth-order valence-corrected chi connectivity index (χ4v) is 1.09. The molecule has 0 aromatic rings. The van der Waals surface area contributed by atoms with E-state index in [4.69, 9.17) is 5.11 Å². The van der Waals surface area contributed by atoms with Gasteiger partial charge >= 0.3 is 0 Å². The SMILES string of the molecule is CC(C)NCCC(=O)NC(C)CCO. The maximum Gasteiger partial charge on any atom is 0.221 e. The minimum Gasteiger partial charge on any atom is -0.396 e. The van der Waals surface area contributed by atoms with Gasteiger partial charge < -0.3 is 15.7 Å². The van der Waals surface area contributed by atoms with Crippen molar-refractivity contribution in [2.75, 3.05) is 13.2 Å². The summed E-state index contributed by atoms with van der Waals surface area (Å²) in [6, 6.07) is 0.476. The van der Waals surface area contributed by atoms with E-state index in [1.807, 2.05) is 20.8 Å². The lowest BCUT2D eigenvalue weighted by Gasteiger charge is -2.13. The maximum atomic E-state index is 11.3. The first-order chi connectivity index (χ1) is 6.56. The van der Waals surface area contributed by atoms with Crippen LogP contribution in [0.3, 0.4) is 0 Å². The Morgan fingerprint density at radius 2 is 2.00 bits per heavy atom. The summed E-state index contributed by atoms with van der Waals surface area (Å²) in [6.45, 7) is 6.81. The van der Waals surface area contributed by atoms with Gasteiger partial charge in [0.2, 0.25) is 5.91 Å². The molecule has 3 N–H and O–H groups in total. The number of carbonyl (C=O) groups excluding carboxylic acids is 1. The molecule has 0 saturated carbocycles. The van der Waals surface area contributed by atoms with Crippen molar-refractivity contribution >= 4 is 5.91 Å². The fourth-order valence-electron chi connectivity index (χ4n) is 1.09. The van der Waals surface area contributed by atoms with Gasteiger partial charge in [0.1, 0.15) is 0 Å². The van der Waals surface area contributed by atoms with Crippen LogP contribution in [0.15, 0.2) is 0 Å². The molecule has 0 aliphatic heterocycles. The van der Waals surface area contributed by atoms with E-state index in [1.54, 1.807) is 0 Å². The van der Waals surface area contributed by atoms with Crippen LogP contribution in [-0.2, 0) is 4.79 Å². The zero-order valence-corrected chi connectivity index (χ0v) is 9.34. The molecule has 14 heavy (non-hydrogen) atoms. The third-order valence-electron chi connectivity index (χ3n) is 1.87. The highest BCUT2D eigenvalue weighted by molar-refractivity contribution is 5.76. The predicted molar refractivity (Wildman–Crippen MR) is 57.1 cm³/mol. The minimum atomic E-state index is 0.0408. The first kappa shape index (κ1) is 13.4. The normalized spacial score (nSPS) is 12.9. The number of rotatable bonds is 7. The molecule has 84 valence electrons. The molecule has 0 aromatic heterocycles. The standard InChI is InChI=1S/C10H22N2O2/c1-8(2)11-6-4-10(14)12-9(3)5-7-13/h8-9,11,13H,4-7H2,1-3H3,(H,12,14). The van der Waals surface area contributed by atoms with Crippen LogP contribution in [0, 0.1) is 0 Å². The van der Waals surface area contributed by atoms with Crippen molar-refractivity contribution in [3.63, 3.8) is 0 Å². The highest BCUT2D eigenvalue weighted by atomic mass is 16.3. The Morgan fingerprint density at radius 3 is 2.50 bits per heavy atom. The molecule has 0 saturated heterocycles. The Morgan fingerprint density at radius 1 is 1.36 bits per heavy atom. The second-order valence-electron chi connectivity index (χ2n) is 3.84. The summed E-state index contributed by atoms with van der Waals surface area (Å²) >= 11 is 0. The van der Waals surface area contributed by atoms with Gasteiger partial charge in [-0.15, -0.1) is 0 Å². The van der Waals surface area contributed by atoms with Crippen LogP contribution in [0.5, 0.6) is 0 Å². The van der Waals surface area contributed by atoms with Crippen molar-refractivity contribution < 1.29 is 9.90 Å².